The Kier molecular flexibility index (Phi) is 2.86. The number of halogens is 1. The third-order valence-corrected chi connectivity index (χ3v) is 2.50. The first-order valence-electron chi connectivity index (χ1n) is 4.94. The minimum atomic E-state index is -0.322. The van der Waals surface area contributed by atoms with Crippen LogP contribution in [0.3, 0.4) is 0 Å². The molecule has 16 heavy (non-hydrogen) atoms. The molecule has 3 heteroatoms. The van der Waals surface area contributed by atoms with Gasteiger partial charge in [-0.15, -0.1) is 0 Å². The molecule has 0 aliphatic carbocycles. The number of hydrogen-bond donors (Lipinski definition) is 0. The van der Waals surface area contributed by atoms with Crippen molar-refractivity contribution in [3.05, 3.63) is 47.8 Å². The number of benzene rings is 2. The van der Waals surface area contributed by atoms with Crippen LogP contribution in [0.4, 0.5) is 4.39 Å². The van der Waals surface area contributed by atoms with Crippen molar-refractivity contribution >= 4 is 16.7 Å². The molecule has 0 heterocycles. The van der Waals surface area contributed by atoms with E-state index in [0.29, 0.717) is 0 Å². The maximum atomic E-state index is 13.1. The zero-order chi connectivity index (χ0) is 11.5. The average Bonchev–Trinajstić information content (AvgIpc) is 2.29. The monoisotopic (exact) mass is 218 g/mol. The number of rotatable bonds is 2. The molecule has 2 rings (SSSR count). The molecule has 0 aliphatic rings. The van der Waals surface area contributed by atoms with Gasteiger partial charge in [-0.2, -0.15) is 0 Å². The molecule has 0 N–H and O–H groups in total. The van der Waals surface area contributed by atoms with Gasteiger partial charge in [0.25, 0.3) is 0 Å². The van der Waals surface area contributed by atoms with Crippen LogP contribution in [-0.2, 0) is 16.0 Å². The molecule has 0 amide bonds. The number of esters is 1. The summed E-state index contributed by atoms with van der Waals surface area (Å²) in [7, 11) is 1.34. The van der Waals surface area contributed by atoms with Crippen molar-refractivity contribution in [3.8, 4) is 0 Å². The summed E-state index contributed by atoms with van der Waals surface area (Å²) < 4.78 is 17.7. The minimum Gasteiger partial charge on any atom is -0.469 e. The highest BCUT2D eigenvalue weighted by Gasteiger charge is 2.07. The van der Waals surface area contributed by atoms with E-state index in [1.54, 1.807) is 12.1 Å². The molecule has 0 atom stereocenters. The van der Waals surface area contributed by atoms with Crippen LogP contribution in [0.25, 0.3) is 10.8 Å². The Morgan fingerprint density at radius 3 is 2.88 bits per heavy atom. The lowest BCUT2D eigenvalue weighted by Gasteiger charge is -2.05. The number of carbonyl (C=O) groups is 1. The van der Waals surface area contributed by atoms with Crippen molar-refractivity contribution in [2.45, 2.75) is 6.42 Å². The van der Waals surface area contributed by atoms with Gasteiger partial charge >= 0.3 is 5.97 Å². The Hall–Kier alpha value is -1.90. The lowest BCUT2D eigenvalue weighted by atomic mass is 10.0. The summed E-state index contributed by atoms with van der Waals surface area (Å²) >= 11 is 0. The van der Waals surface area contributed by atoms with Crippen LogP contribution in [0.2, 0.25) is 0 Å². The molecule has 0 fully saturated rings. The molecule has 82 valence electrons. The number of carbonyl (C=O) groups excluding carboxylic acids is 1. The molecule has 0 aromatic heterocycles. The SMILES string of the molecule is COC(=O)Cc1cccc2ccc(F)cc12. The molecule has 0 spiro atoms. The number of methoxy groups -OCH3 is 1. The molecule has 2 aromatic rings. The average molecular weight is 218 g/mol. The molecule has 0 unspecified atom stereocenters. The fraction of sp³-hybridized carbons (Fsp3) is 0.154. The molecular formula is C13H11FO2. The van der Waals surface area contributed by atoms with Gasteiger partial charge < -0.3 is 4.74 Å². The predicted molar refractivity (Wildman–Crippen MR) is 59.6 cm³/mol. The minimum absolute atomic E-state index is 0.164. The largest absolute Gasteiger partial charge is 0.469 e. The summed E-state index contributed by atoms with van der Waals surface area (Å²) in [6.07, 6.45) is 0.164. The van der Waals surface area contributed by atoms with E-state index < -0.39 is 0 Å². The van der Waals surface area contributed by atoms with E-state index in [1.807, 2.05) is 12.1 Å². The van der Waals surface area contributed by atoms with Crippen LogP contribution in [0.5, 0.6) is 0 Å². The van der Waals surface area contributed by atoms with E-state index >= 15 is 0 Å². The Morgan fingerprint density at radius 2 is 2.12 bits per heavy atom. The zero-order valence-electron chi connectivity index (χ0n) is 8.87. The molecule has 0 radical (unpaired) electrons. The highest BCUT2D eigenvalue weighted by molar-refractivity contribution is 5.89. The number of fused-ring (bicyclic) bond motifs is 1. The Bertz CT molecular complexity index is 534. The van der Waals surface area contributed by atoms with E-state index in [1.165, 1.54) is 19.2 Å². The van der Waals surface area contributed by atoms with Crippen molar-refractivity contribution in [1.82, 2.24) is 0 Å². The van der Waals surface area contributed by atoms with Crippen molar-refractivity contribution < 1.29 is 13.9 Å². The van der Waals surface area contributed by atoms with Crippen molar-refractivity contribution in [2.24, 2.45) is 0 Å². The molecule has 2 aromatic carbocycles. The first-order chi connectivity index (χ1) is 7.70. The Morgan fingerprint density at radius 1 is 1.31 bits per heavy atom. The van der Waals surface area contributed by atoms with Gasteiger partial charge in [-0.3, -0.25) is 4.79 Å². The molecule has 2 nitrogen and oxygen atoms in total. The van der Waals surface area contributed by atoms with Crippen LogP contribution < -0.4 is 0 Å². The summed E-state index contributed by atoms with van der Waals surface area (Å²) in [4.78, 5) is 11.2. The lowest BCUT2D eigenvalue weighted by Crippen LogP contribution is -2.04. The maximum absolute atomic E-state index is 13.1. The standard InChI is InChI=1S/C13H11FO2/c1-16-13(15)7-10-4-2-3-9-5-6-11(14)8-12(9)10/h2-6,8H,7H2,1H3. The zero-order valence-corrected chi connectivity index (χ0v) is 8.87. The third kappa shape index (κ3) is 2.03. The Labute approximate surface area is 92.6 Å². The van der Waals surface area contributed by atoms with Gasteiger partial charge in [0, 0.05) is 0 Å². The van der Waals surface area contributed by atoms with Gasteiger partial charge in [-0.25, -0.2) is 4.39 Å². The quantitative estimate of drug-likeness (QED) is 0.724. The third-order valence-electron chi connectivity index (χ3n) is 2.50. The summed E-state index contributed by atoms with van der Waals surface area (Å²) in [6, 6.07) is 10.1. The van der Waals surface area contributed by atoms with E-state index in [4.69, 9.17) is 0 Å². The van der Waals surface area contributed by atoms with Crippen LogP contribution in [-0.4, -0.2) is 13.1 Å². The van der Waals surface area contributed by atoms with Crippen molar-refractivity contribution in [3.63, 3.8) is 0 Å². The highest BCUT2D eigenvalue weighted by atomic mass is 19.1. The second-order valence-electron chi connectivity index (χ2n) is 3.54. The smallest absolute Gasteiger partial charge is 0.309 e. The summed E-state index contributed by atoms with van der Waals surface area (Å²) in [5.74, 6) is -0.624. The van der Waals surface area contributed by atoms with Gasteiger partial charge in [0.2, 0.25) is 0 Å². The predicted octanol–water partition coefficient (Wildman–Crippen LogP) is 2.69. The second-order valence-corrected chi connectivity index (χ2v) is 3.54. The van der Waals surface area contributed by atoms with Gasteiger partial charge in [0.1, 0.15) is 5.82 Å². The van der Waals surface area contributed by atoms with Gasteiger partial charge in [0.05, 0.1) is 13.5 Å². The van der Waals surface area contributed by atoms with E-state index in [0.717, 1.165) is 16.3 Å². The van der Waals surface area contributed by atoms with E-state index in [-0.39, 0.29) is 18.2 Å². The summed E-state index contributed by atoms with van der Waals surface area (Å²) in [6.45, 7) is 0. The van der Waals surface area contributed by atoms with Crippen LogP contribution in [0.15, 0.2) is 36.4 Å². The summed E-state index contributed by atoms with van der Waals surface area (Å²) in [5, 5.41) is 1.68. The van der Waals surface area contributed by atoms with Gasteiger partial charge in [0.15, 0.2) is 0 Å². The topological polar surface area (TPSA) is 26.3 Å². The van der Waals surface area contributed by atoms with Gasteiger partial charge in [-0.1, -0.05) is 24.3 Å². The fourth-order valence-corrected chi connectivity index (χ4v) is 1.69. The molecule has 0 bridgehead atoms. The maximum Gasteiger partial charge on any atom is 0.309 e. The lowest BCUT2D eigenvalue weighted by molar-refractivity contribution is -0.139. The van der Waals surface area contributed by atoms with Crippen molar-refractivity contribution in [1.29, 1.82) is 0 Å². The van der Waals surface area contributed by atoms with Crippen LogP contribution in [0, 0.1) is 5.82 Å². The molecule has 0 saturated carbocycles. The number of ether oxygens (including phenoxy) is 1. The fourth-order valence-electron chi connectivity index (χ4n) is 1.69. The first-order valence-corrected chi connectivity index (χ1v) is 4.94. The van der Waals surface area contributed by atoms with E-state index in [2.05, 4.69) is 4.74 Å². The second kappa shape index (κ2) is 4.31. The molecule has 0 aliphatic heterocycles. The van der Waals surface area contributed by atoms with Gasteiger partial charge in [-0.05, 0) is 28.5 Å². The Balaban J connectivity index is 2.52. The normalized spacial score (nSPS) is 10.4. The molecular weight excluding hydrogens is 207 g/mol. The summed E-state index contributed by atoms with van der Waals surface area (Å²) in [5.41, 5.74) is 0.781. The highest BCUT2D eigenvalue weighted by Crippen LogP contribution is 2.20. The molecule has 0 saturated heterocycles. The van der Waals surface area contributed by atoms with E-state index in [9.17, 15) is 9.18 Å². The number of hydrogen-bond acceptors (Lipinski definition) is 2. The van der Waals surface area contributed by atoms with Crippen molar-refractivity contribution in [2.75, 3.05) is 7.11 Å². The van der Waals surface area contributed by atoms with Crippen LogP contribution >= 0.6 is 0 Å². The first kappa shape index (κ1) is 10.6. The van der Waals surface area contributed by atoms with Crippen LogP contribution in [0.1, 0.15) is 5.56 Å².